The third-order valence-electron chi connectivity index (χ3n) is 2.89. The zero-order valence-corrected chi connectivity index (χ0v) is 12.1. The molecule has 0 fully saturated rings. The fraction of sp³-hybridized carbons (Fsp3) is 0.0667. The molecule has 0 saturated carbocycles. The largest absolute Gasteiger partial charge is 0.377 e. The highest BCUT2D eigenvalue weighted by atomic mass is 79.9. The molecule has 0 radical (unpaired) electrons. The van der Waals surface area contributed by atoms with Gasteiger partial charge in [0.25, 0.3) is 0 Å². The average molecular weight is 332 g/mol. The van der Waals surface area contributed by atoms with E-state index < -0.39 is 0 Å². The van der Waals surface area contributed by atoms with Crippen molar-refractivity contribution >= 4 is 32.7 Å². The Labute approximate surface area is 124 Å². The number of rotatable bonds is 3. The molecule has 0 spiro atoms. The van der Waals surface area contributed by atoms with Crippen LogP contribution in [0.15, 0.2) is 53.1 Å². The van der Waals surface area contributed by atoms with Gasteiger partial charge in [0.2, 0.25) is 0 Å². The molecule has 20 heavy (non-hydrogen) atoms. The quantitative estimate of drug-likeness (QED) is 0.783. The Bertz CT molecular complexity index is 761. The van der Waals surface area contributed by atoms with Crippen LogP contribution in [0.2, 0.25) is 0 Å². The number of hydrogen-bond acceptors (Lipinski definition) is 3. The molecule has 0 bridgehead atoms. The molecule has 0 aliphatic rings. The molecule has 0 unspecified atom stereocenters. The summed E-state index contributed by atoms with van der Waals surface area (Å²) in [7, 11) is 0. The maximum atomic E-state index is 13.7. The number of halogens is 2. The molecule has 5 heteroatoms. The number of nitrogens with zero attached hydrogens (tertiary/aromatic N) is 2. The van der Waals surface area contributed by atoms with Crippen molar-refractivity contribution in [2.24, 2.45) is 0 Å². The number of benzene rings is 2. The van der Waals surface area contributed by atoms with Crippen molar-refractivity contribution in [3.63, 3.8) is 0 Å². The zero-order chi connectivity index (χ0) is 13.9. The van der Waals surface area contributed by atoms with Crippen LogP contribution in [-0.2, 0) is 6.54 Å². The third kappa shape index (κ3) is 2.77. The molecule has 0 aliphatic carbocycles. The molecule has 0 amide bonds. The maximum absolute atomic E-state index is 13.7. The number of para-hydroxylation sites is 2. The molecule has 3 nitrogen and oxygen atoms in total. The second-order valence-corrected chi connectivity index (χ2v) is 5.24. The van der Waals surface area contributed by atoms with E-state index in [-0.39, 0.29) is 5.82 Å². The summed E-state index contributed by atoms with van der Waals surface area (Å²) in [6.45, 7) is 0.427. The molecule has 2 aromatic carbocycles. The van der Waals surface area contributed by atoms with Crippen LogP contribution in [0.3, 0.4) is 0 Å². The van der Waals surface area contributed by atoms with E-state index in [0.717, 1.165) is 16.7 Å². The second-order valence-electron chi connectivity index (χ2n) is 4.33. The van der Waals surface area contributed by atoms with E-state index in [4.69, 9.17) is 0 Å². The summed E-state index contributed by atoms with van der Waals surface area (Å²) in [5, 5.41) is 3.02. The van der Waals surface area contributed by atoms with Crippen LogP contribution < -0.4 is 5.32 Å². The van der Waals surface area contributed by atoms with Crippen LogP contribution >= 0.6 is 15.9 Å². The Kier molecular flexibility index (Phi) is 3.60. The highest BCUT2D eigenvalue weighted by Gasteiger charge is 2.04. The lowest BCUT2D eigenvalue weighted by Gasteiger charge is -2.07. The minimum absolute atomic E-state index is 0.298. The van der Waals surface area contributed by atoms with Crippen LogP contribution in [0.4, 0.5) is 10.1 Å². The standard InChI is InChI=1S/C15H11BrFN3/c16-10-5-6-13(12(17)7-10)18-8-11-9-19-14-3-1-2-4-15(14)20-11/h1-7,9,18H,8H2. The van der Waals surface area contributed by atoms with Gasteiger partial charge in [-0.05, 0) is 30.3 Å². The first-order chi connectivity index (χ1) is 9.72. The number of fused-ring (bicyclic) bond motifs is 1. The van der Waals surface area contributed by atoms with Gasteiger partial charge in [0, 0.05) is 4.47 Å². The third-order valence-corrected chi connectivity index (χ3v) is 3.38. The van der Waals surface area contributed by atoms with Gasteiger partial charge < -0.3 is 5.32 Å². The Morgan fingerprint density at radius 1 is 1.10 bits per heavy atom. The number of nitrogens with one attached hydrogen (secondary N) is 1. The summed E-state index contributed by atoms with van der Waals surface area (Å²) in [6.07, 6.45) is 1.70. The normalized spacial score (nSPS) is 10.7. The molecule has 0 atom stereocenters. The van der Waals surface area contributed by atoms with Gasteiger partial charge in [0.1, 0.15) is 5.82 Å². The van der Waals surface area contributed by atoms with Crippen molar-refractivity contribution in [3.05, 3.63) is 64.6 Å². The van der Waals surface area contributed by atoms with E-state index in [1.54, 1.807) is 18.3 Å². The van der Waals surface area contributed by atoms with Gasteiger partial charge in [0.15, 0.2) is 0 Å². The fourth-order valence-corrected chi connectivity index (χ4v) is 2.23. The summed E-state index contributed by atoms with van der Waals surface area (Å²) in [5.74, 6) is -0.298. The molecule has 0 saturated heterocycles. The number of anilines is 1. The Balaban J connectivity index is 1.79. The van der Waals surface area contributed by atoms with Crippen LogP contribution in [0.25, 0.3) is 11.0 Å². The summed E-state index contributed by atoms with van der Waals surface area (Å²) in [4.78, 5) is 8.81. The lowest BCUT2D eigenvalue weighted by molar-refractivity contribution is 0.629. The molecule has 3 aromatic rings. The smallest absolute Gasteiger partial charge is 0.147 e. The molecular formula is C15H11BrFN3. The van der Waals surface area contributed by atoms with Crippen molar-refractivity contribution in [1.29, 1.82) is 0 Å². The van der Waals surface area contributed by atoms with Crippen molar-refractivity contribution < 1.29 is 4.39 Å². The first-order valence-electron chi connectivity index (χ1n) is 6.12. The zero-order valence-electron chi connectivity index (χ0n) is 10.5. The Hall–Kier alpha value is -2.01. The molecule has 100 valence electrons. The molecule has 1 aromatic heterocycles. The Morgan fingerprint density at radius 3 is 2.70 bits per heavy atom. The van der Waals surface area contributed by atoms with Gasteiger partial charge >= 0.3 is 0 Å². The summed E-state index contributed by atoms with van der Waals surface area (Å²) >= 11 is 3.23. The first-order valence-corrected chi connectivity index (χ1v) is 6.91. The minimum atomic E-state index is -0.298. The summed E-state index contributed by atoms with van der Waals surface area (Å²) in [6, 6.07) is 12.6. The van der Waals surface area contributed by atoms with Gasteiger partial charge in [-0.15, -0.1) is 0 Å². The van der Waals surface area contributed by atoms with Crippen LogP contribution in [0.1, 0.15) is 5.69 Å². The molecule has 3 rings (SSSR count). The monoisotopic (exact) mass is 331 g/mol. The molecular weight excluding hydrogens is 321 g/mol. The van der Waals surface area contributed by atoms with E-state index >= 15 is 0 Å². The highest BCUT2D eigenvalue weighted by Crippen LogP contribution is 2.20. The maximum Gasteiger partial charge on any atom is 0.147 e. The number of aromatic nitrogens is 2. The predicted molar refractivity (Wildman–Crippen MR) is 81.0 cm³/mol. The molecule has 1 N–H and O–H groups in total. The fourth-order valence-electron chi connectivity index (χ4n) is 1.90. The van der Waals surface area contributed by atoms with Crippen molar-refractivity contribution in [2.75, 3.05) is 5.32 Å². The van der Waals surface area contributed by atoms with Crippen molar-refractivity contribution in [2.45, 2.75) is 6.54 Å². The van der Waals surface area contributed by atoms with E-state index in [0.29, 0.717) is 16.7 Å². The van der Waals surface area contributed by atoms with Crippen LogP contribution in [0, 0.1) is 5.82 Å². The van der Waals surface area contributed by atoms with Gasteiger partial charge in [-0.25, -0.2) is 9.37 Å². The lowest BCUT2D eigenvalue weighted by Crippen LogP contribution is -2.04. The number of hydrogen-bond donors (Lipinski definition) is 1. The van der Waals surface area contributed by atoms with E-state index in [2.05, 4.69) is 31.2 Å². The average Bonchev–Trinajstić information content (AvgIpc) is 2.46. The highest BCUT2D eigenvalue weighted by molar-refractivity contribution is 9.10. The topological polar surface area (TPSA) is 37.8 Å². The van der Waals surface area contributed by atoms with Gasteiger partial charge in [-0.3, -0.25) is 4.98 Å². The predicted octanol–water partition coefficient (Wildman–Crippen LogP) is 4.14. The molecule has 0 aliphatic heterocycles. The van der Waals surface area contributed by atoms with E-state index in [1.807, 2.05) is 24.3 Å². The molecule has 1 heterocycles. The van der Waals surface area contributed by atoms with Crippen LogP contribution in [0.5, 0.6) is 0 Å². The Morgan fingerprint density at radius 2 is 1.90 bits per heavy atom. The van der Waals surface area contributed by atoms with E-state index in [9.17, 15) is 4.39 Å². The summed E-state index contributed by atoms with van der Waals surface area (Å²) < 4.78 is 14.4. The minimum Gasteiger partial charge on any atom is -0.377 e. The van der Waals surface area contributed by atoms with Gasteiger partial charge in [-0.2, -0.15) is 0 Å². The van der Waals surface area contributed by atoms with Crippen molar-refractivity contribution in [3.8, 4) is 0 Å². The first kappa shape index (κ1) is 13.0. The SMILES string of the molecule is Fc1cc(Br)ccc1NCc1cnc2ccccc2n1. The van der Waals surface area contributed by atoms with Gasteiger partial charge in [0.05, 0.1) is 35.2 Å². The van der Waals surface area contributed by atoms with E-state index in [1.165, 1.54) is 6.07 Å². The van der Waals surface area contributed by atoms with Gasteiger partial charge in [-0.1, -0.05) is 28.1 Å². The van der Waals surface area contributed by atoms with Crippen LogP contribution in [-0.4, -0.2) is 9.97 Å². The second kappa shape index (κ2) is 5.54. The van der Waals surface area contributed by atoms with Crippen molar-refractivity contribution in [1.82, 2.24) is 9.97 Å². The lowest BCUT2D eigenvalue weighted by atomic mass is 10.3. The summed E-state index contributed by atoms with van der Waals surface area (Å²) in [5.41, 5.74) is 2.91.